The normalized spacial score (nSPS) is 21.3. The van der Waals surface area contributed by atoms with Gasteiger partial charge in [0.15, 0.2) is 0 Å². The molecule has 1 fully saturated rings. The first kappa shape index (κ1) is 14.0. The molecule has 0 aromatic carbocycles. The quantitative estimate of drug-likeness (QED) is 0.825. The van der Waals surface area contributed by atoms with Crippen LogP contribution in [0.25, 0.3) is 0 Å². The summed E-state index contributed by atoms with van der Waals surface area (Å²) in [5.74, 6) is 0. The molecule has 2 rings (SSSR count). The van der Waals surface area contributed by atoms with E-state index < -0.39 is 0 Å². The standard InChI is InChI=1S/C14H24N2OS/c1-3-6-15-12(8-13-5-4-7-17-13)9-14-16-11(2)10-18-14/h10,12-13,15H,3-9H2,1-2H3. The molecule has 0 radical (unpaired) electrons. The van der Waals surface area contributed by atoms with Crippen LogP contribution >= 0.6 is 11.3 Å². The molecule has 1 aliphatic rings. The van der Waals surface area contributed by atoms with Gasteiger partial charge in [-0.1, -0.05) is 6.92 Å². The molecule has 4 heteroatoms. The Labute approximate surface area is 114 Å². The fraction of sp³-hybridized carbons (Fsp3) is 0.786. The first-order chi connectivity index (χ1) is 8.78. The zero-order valence-electron chi connectivity index (χ0n) is 11.4. The lowest BCUT2D eigenvalue weighted by Gasteiger charge is -2.20. The summed E-state index contributed by atoms with van der Waals surface area (Å²) < 4.78 is 5.75. The number of aromatic nitrogens is 1. The highest BCUT2D eigenvalue weighted by molar-refractivity contribution is 7.09. The number of hydrogen-bond acceptors (Lipinski definition) is 4. The number of thiazole rings is 1. The third-order valence-electron chi connectivity index (χ3n) is 3.34. The van der Waals surface area contributed by atoms with Crippen LogP contribution in [0.2, 0.25) is 0 Å². The van der Waals surface area contributed by atoms with Crippen LogP contribution in [0.5, 0.6) is 0 Å². The summed E-state index contributed by atoms with van der Waals surface area (Å²) in [6.07, 6.45) is 6.25. The lowest BCUT2D eigenvalue weighted by molar-refractivity contribution is 0.0946. The molecule has 2 unspecified atom stereocenters. The van der Waals surface area contributed by atoms with E-state index >= 15 is 0 Å². The van der Waals surface area contributed by atoms with Gasteiger partial charge in [-0.15, -0.1) is 11.3 Å². The van der Waals surface area contributed by atoms with Gasteiger partial charge in [0.05, 0.1) is 11.1 Å². The summed E-state index contributed by atoms with van der Waals surface area (Å²) in [6, 6.07) is 0.513. The highest BCUT2D eigenvalue weighted by Crippen LogP contribution is 2.20. The van der Waals surface area contributed by atoms with Crippen LogP contribution in [0.1, 0.15) is 43.3 Å². The van der Waals surface area contributed by atoms with Crippen molar-refractivity contribution in [2.45, 2.75) is 58.1 Å². The zero-order valence-corrected chi connectivity index (χ0v) is 12.3. The molecule has 18 heavy (non-hydrogen) atoms. The average molecular weight is 268 g/mol. The van der Waals surface area contributed by atoms with Crippen LogP contribution in [0.15, 0.2) is 5.38 Å². The first-order valence-electron chi connectivity index (χ1n) is 7.04. The number of hydrogen-bond donors (Lipinski definition) is 1. The fourth-order valence-corrected chi connectivity index (χ4v) is 3.30. The Morgan fingerprint density at radius 2 is 2.50 bits per heavy atom. The lowest BCUT2D eigenvalue weighted by Crippen LogP contribution is -2.35. The number of aryl methyl sites for hydroxylation is 1. The maximum Gasteiger partial charge on any atom is 0.0943 e. The van der Waals surface area contributed by atoms with E-state index in [1.165, 1.54) is 24.3 Å². The van der Waals surface area contributed by atoms with Crippen LogP contribution in [-0.4, -0.2) is 30.3 Å². The Morgan fingerprint density at radius 1 is 1.61 bits per heavy atom. The van der Waals surface area contributed by atoms with Gasteiger partial charge in [-0.25, -0.2) is 4.98 Å². The molecule has 102 valence electrons. The van der Waals surface area contributed by atoms with Crippen molar-refractivity contribution in [3.8, 4) is 0 Å². The monoisotopic (exact) mass is 268 g/mol. The van der Waals surface area contributed by atoms with Crippen molar-refractivity contribution >= 4 is 11.3 Å². The molecular formula is C14H24N2OS. The van der Waals surface area contributed by atoms with Gasteiger partial charge < -0.3 is 10.1 Å². The third-order valence-corrected chi connectivity index (χ3v) is 4.33. The second kappa shape index (κ2) is 7.22. The minimum atomic E-state index is 0.459. The summed E-state index contributed by atoms with van der Waals surface area (Å²) >= 11 is 1.78. The van der Waals surface area contributed by atoms with Crippen molar-refractivity contribution < 1.29 is 4.74 Å². The number of rotatable bonds is 7. The molecule has 0 amide bonds. The number of ether oxygens (including phenoxy) is 1. The molecule has 2 heterocycles. The number of nitrogens with zero attached hydrogens (tertiary/aromatic N) is 1. The summed E-state index contributed by atoms with van der Waals surface area (Å²) in [7, 11) is 0. The van der Waals surface area contributed by atoms with Crippen molar-refractivity contribution in [3.05, 3.63) is 16.1 Å². The predicted molar refractivity (Wildman–Crippen MR) is 76.2 cm³/mol. The third kappa shape index (κ3) is 4.34. The molecule has 0 bridgehead atoms. The minimum absolute atomic E-state index is 0.459. The van der Waals surface area contributed by atoms with E-state index in [4.69, 9.17) is 4.74 Å². The van der Waals surface area contributed by atoms with Gasteiger partial charge in [0.1, 0.15) is 0 Å². The molecule has 1 saturated heterocycles. The Bertz CT molecular complexity index is 347. The van der Waals surface area contributed by atoms with Gasteiger partial charge in [-0.05, 0) is 39.2 Å². The molecule has 1 aromatic heterocycles. The van der Waals surface area contributed by atoms with E-state index in [9.17, 15) is 0 Å². The Morgan fingerprint density at radius 3 is 3.11 bits per heavy atom. The SMILES string of the molecule is CCCNC(Cc1nc(C)cs1)CC1CCCO1. The maximum absolute atomic E-state index is 5.75. The van der Waals surface area contributed by atoms with Crippen molar-refractivity contribution in [2.75, 3.05) is 13.2 Å². The summed E-state index contributed by atoms with van der Waals surface area (Å²) in [6.45, 7) is 6.31. The smallest absolute Gasteiger partial charge is 0.0943 e. The Balaban J connectivity index is 1.86. The largest absolute Gasteiger partial charge is 0.378 e. The van der Waals surface area contributed by atoms with E-state index in [2.05, 4.69) is 29.5 Å². The molecule has 3 nitrogen and oxygen atoms in total. The zero-order chi connectivity index (χ0) is 12.8. The van der Waals surface area contributed by atoms with E-state index in [0.717, 1.165) is 31.7 Å². The van der Waals surface area contributed by atoms with Crippen molar-refractivity contribution in [1.82, 2.24) is 10.3 Å². The molecule has 1 aromatic rings. The van der Waals surface area contributed by atoms with Gasteiger partial charge in [0.2, 0.25) is 0 Å². The van der Waals surface area contributed by atoms with Gasteiger partial charge in [-0.2, -0.15) is 0 Å². The van der Waals surface area contributed by atoms with Crippen LogP contribution in [-0.2, 0) is 11.2 Å². The Kier molecular flexibility index (Phi) is 5.60. The summed E-state index contributed by atoms with van der Waals surface area (Å²) in [5, 5.41) is 7.03. The molecule has 1 aliphatic heterocycles. The topological polar surface area (TPSA) is 34.2 Å². The fourth-order valence-electron chi connectivity index (χ4n) is 2.44. The van der Waals surface area contributed by atoms with Crippen molar-refractivity contribution in [1.29, 1.82) is 0 Å². The maximum atomic E-state index is 5.75. The first-order valence-corrected chi connectivity index (χ1v) is 7.92. The highest BCUT2D eigenvalue weighted by Gasteiger charge is 2.21. The second-order valence-corrected chi connectivity index (χ2v) is 6.05. The lowest BCUT2D eigenvalue weighted by atomic mass is 10.0. The van der Waals surface area contributed by atoms with Crippen molar-refractivity contribution in [2.24, 2.45) is 0 Å². The molecule has 0 saturated carbocycles. The van der Waals surface area contributed by atoms with Crippen LogP contribution in [0, 0.1) is 6.92 Å². The van der Waals surface area contributed by atoms with E-state index in [0.29, 0.717) is 12.1 Å². The van der Waals surface area contributed by atoms with Crippen LogP contribution in [0.4, 0.5) is 0 Å². The number of nitrogens with one attached hydrogen (secondary N) is 1. The summed E-state index contributed by atoms with van der Waals surface area (Å²) in [4.78, 5) is 4.57. The Hall–Kier alpha value is -0.450. The van der Waals surface area contributed by atoms with Gasteiger partial charge in [0, 0.05) is 30.1 Å². The predicted octanol–water partition coefficient (Wildman–Crippen LogP) is 2.93. The van der Waals surface area contributed by atoms with Crippen molar-refractivity contribution in [3.63, 3.8) is 0 Å². The van der Waals surface area contributed by atoms with Crippen LogP contribution in [0.3, 0.4) is 0 Å². The van der Waals surface area contributed by atoms with E-state index in [-0.39, 0.29) is 0 Å². The van der Waals surface area contributed by atoms with Crippen LogP contribution < -0.4 is 5.32 Å². The molecule has 2 atom stereocenters. The van der Waals surface area contributed by atoms with E-state index in [1.807, 2.05) is 0 Å². The average Bonchev–Trinajstić information content (AvgIpc) is 2.98. The van der Waals surface area contributed by atoms with Gasteiger partial charge in [-0.3, -0.25) is 0 Å². The molecule has 0 aliphatic carbocycles. The molecule has 1 N–H and O–H groups in total. The van der Waals surface area contributed by atoms with Gasteiger partial charge >= 0.3 is 0 Å². The second-order valence-electron chi connectivity index (χ2n) is 5.11. The van der Waals surface area contributed by atoms with Gasteiger partial charge in [0.25, 0.3) is 0 Å². The molecular weight excluding hydrogens is 244 g/mol. The van der Waals surface area contributed by atoms with E-state index in [1.54, 1.807) is 11.3 Å². The molecule has 0 spiro atoms. The highest BCUT2D eigenvalue weighted by atomic mass is 32.1. The summed E-state index contributed by atoms with van der Waals surface area (Å²) in [5.41, 5.74) is 1.14. The minimum Gasteiger partial charge on any atom is -0.378 e.